The number of sulfonamides is 1. The predicted octanol–water partition coefficient (Wildman–Crippen LogP) is 3.46. The van der Waals surface area contributed by atoms with E-state index >= 15 is 0 Å². The Labute approximate surface area is 149 Å². The number of rotatable bonds is 8. The molecular formula is C15H24ClN3O2S2. The summed E-state index contributed by atoms with van der Waals surface area (Å²) in [5.41, 5.74) is 0.592. The number of nitrogens with zero attached hydrogens (tertiary/aromatic N) is 1. The molecule has 2 N–H and O–H groups in total. The minimum absolute atomic E-state index is 0.0872. The minimum atomic E-state index is -3.61. The number of halogens is 1. The molecule has 0 aliphatic carbocycles. The smallest absolute Gasteiger partial charge is 0.244 e. The molecule has 0 aliphatic rings. The predicted molar refractivity (Wildman–Crippen MR) is 101 cm³/mol. The summed E-state index contributed by atoms with van der Waals surface area (Å²) in [6, 6.07) is 4.79. The average molecular weight is 378 g/mol. The van der Waals surface area contributed by atoms with Gasteiger partial charge in [0.15, 0.2) is 5.11 Å². The molecule has 0 fully saturated rings. The van der Waals surface area contributed by atoms with Crippen LogP contribution in [0, 0.1) is 0 Å². The van der Waals surface area contributed by atoms with E-state index in [9.17, 15) is 8.42 Å². The van der Waals surface area contributed by atoms with Gasteiger partial charge in [0.2, 0.25) is 10.0 Å². The Morgan fingerprint density at radius 2 is 1.91 bits per heavy atom. The van der Waals surface area contributed by atoms with Crippen LogP contribution in [0.4, 0.5) is 5.69 Å². The second-order valence-corrected chi connectivity index (χ2v) is 7.69. The van der Waals surface area contributed by atoms with Crippen molar-refractivity contribution in [3.63, 3.8) is 0 Å². The molecule has 0 bridgehead atoms. The summed E-state index contributed by atoms with van der Waals surface area (Å²) in [5.74, 6) is 0. The Hall–Kier alpha value is -0.890. The number of unbranched alkanes of at least 4 members (excludes halogenated alkanes) is 1. The maximum Gasteiger partial charge on any atom is 0.244 e. The van der Waals surface area contributed by atoms with Crippen molar-refractivity contribution in [3.05, 3.63) is 23.2 Å². The average Bonchev–Trinajstić information content (AvgIpc) is 2.50. The van der Waals surface area contributed by atoms with Gasteiger partial charge >= 0.3 is 0 Å². The van der Waals surface area contributed by atoms with Gasteiger partial charge in [-0.2, -0.15) is 4.31 Å². The number of thiocarbonyl (C=S) groups is 1. The van der Waals surface area contributed by atoms with Crippen molar-refractivity contribution in [2.75, 3.05) is 25.0 Å². The van der Waals surface area contributed by atoms with Crippen molar-refractivity contribution in [3.8, 4) is 0 Å². The van der Waals surface area contributed by atoms with Gasteiger partial charge in [-0.1, -0.05) is 38.8 Å². The summed E-state index contributed by atoms with van der Waals surface area (Å²) in [7, 11) is -3.61. The Morgan fingerprint density at radius 3 is 2.48 bits per heavy atom. The molecular weight excluding hydrogens is 354 g/mol. The molecule has 1 aromatic carbocycles. The summed E-state index contributed by atoms with van der Waals surface area (Å²) in [5, 5.41) is 6.74. The third kappa shape index (κ3) is 5.60. The zero-order valence-corrected chi connectivity index (χ0v) is 16.1. The molecule has 0 saturated carbocycles. The molecule has 0 spiro atoms. The normalized spacial score (nSPS) is 11.5. The summed E-state index contributed by atoms with van der Waals surface area (Å²) in [6.07, 6.45) is 2.09. The fraction of sp³-hybridized carbons (Fsp3) is 0.533. The van der Waals surface area contributed by atoms with E-state index in [1.165, 1.54) is 10.4 Å². The van der Waals surface area contributed by atoms with Gasteiger partial charge < -0.3 is 10.6 Å². The lowest BCUT2D eigenvalue weighted by molar-refractivity contribution is 0.445. The zero-order chi connectivity index (χ0) is 17.5. The lowest BCUT2D eigenvalue weighted by Gasteiger charge is -2.20. The first kappa shape index (κ1) is 20.2. The fourth-order valence-corrected chi connectivity index (χ4v) is 4.21. The van der Waals surface area contributed by atoms with E-state index < -0.39 is 10.0 Å². The van der Waals surface area contributed by atoms with Crippen molar-refractivity contribution in [2.45, 2.75) is 38.5 Å². The first-order valence-electron chi connectivity index (χ1n) is 7.71. The molecule has 130 valence electrons. The summed E-state index contributed by atoms with van der Waals surface area (Å²) in [6.45, 7) is 7.25. The number of benzene rings is 1. The van der Waals surface area contributed by atoms with E-state index in [2.05, 4.69) is 17.6 Å². The van der Waals surface area contributed by atoms with E-state index in [4.69, 9.17) is 23.8 Å². The lowest BCUT2D eigenvalue weighted by Crippen LogP contribution is -2.31. The number of anilines is 1. The van der Waals surface area contributed by atoms with Crippen LogP contribution >= 0.6 is 23.8 Å². The van der Waals surface area contributed by atoms with Gasteiger partial charge in [0.1, 0.15) is 4.90 Å². The van der Waals surface area contributed by atoms with Crippen LogP contribution in [-0.2, 0) is 10.0 Å². The first-order chi connectivity index (χ1) is 10.9. The molecule has 0 radical (unpaired) electrons. The Bertz CT molecular complexity index is 632. The number of hydrogen-bond donors (Lipinski definition) is 2. The summed E-state index contributed by atoms with van der Waals surface area (Å²) < 4.78 is 26.6. The van der Waals surface area contributed by atoms with Crippen LogP contribution in [0.25, 0.3) is 0 Å². The third-order valence-corrected chi connectivity index (χ3v) is 6.11. The Balaban J connectivity index is 2.98. The quantitative estimate of drug-likeness (QED) is 0.536. The van der Waals surface area contributed by atoms with Crippen LogP contribution in [-0.4, -0.2) is 37.5 Å². The van der Waals surface area contributed by atoms with E-state index in [-0.39, 0.29) is 9.92 Å². The van der Waals surface area contributed by atoms with Crippen molar-refractivity contribution in [2.24, 2.45) is 0 Å². The Kier molecular flexibility index (Phi) is 8.25. The van der Waals surface area contributed by atoms with Crippen LogP contribution in [0.3, 0.4) is 0 Å². The SMILES string of the molecule is CCCCNC(=S)Nc1ccc(Cl)c(S(=O)(=O)N(CC)CC)c1. The van der Waals surface area contributed by atoms with Gasteiger partial charge in [-0.3, -0.25) is 0 Å². The van der Waals surface area contributed by atoms with Crippen LogP contribution < -0.4 is 10.6 Å². The van der Waals surface area contributed by atoms with Crippen LogP contribution in [0.15, 0.2) is 23.1 Å². The second-order valence-electron chi connectivity index (χ2n) is 4.97. The van der Waals surface area contributed by atoms with Crippen LogP contribution in [0.5, 0.6) is 0 Å². The highest BCUT2D eigenvalue weighted by Crippen LogP contribution is 2.27. The lowest BCUT2D eigenvalue weighted by atomic mass is 10.3. The molecule has 0 saturated heterocycles. The van der Waals surface area contributed by atoms with Crippen molar-refractivity contribution in [1.29, 1.82) is 0 Å². The van der Waals surface area contributed by atoms with Crippen molar-refractivity contribution >= 4 is 44.6 Å². The van der Waals surface area contributed by atoms with Gasteiger partial charge in [0.05, 0.1) is 5.02 Å². The molecule has 1 rings (SSSR count). The monoisotopic (exact) mass is 377 g/mol. The molecule has 1 aromatic rings. The van der Waals surface area contributed by atoms with Crippen LogP contribution in [0.2, 0.25) is 5.02 Å². The van der Waals surface area contributed by atoms with E-state index in [0.29, 0.717) is 23.9 Å². The van der Waals surface area contributed by atoms with Gasteiger partial charge in [-0.25, -0.2) is 8.42 Å². The standard InChI is InChI=1S/C15H24ClN3O2S2/c1-4-7-10-17-15(22)18-12-8-9-13(16)14(11-12)23(20,21)19(5-2)6-3/h8-9,11H,4-7,10H2,1-3H3,(H2,17,18,22). The van der Waals surface area contributed by atoms with E-state index in [0.717, 1.165) is 19.4 Å². The van der Waals surface area contributed by atoms with E-state index in [1.807, 2.05) is 0 Å². The number of hydrogen-bond acceptors (Lipinski definition) is 3. The summed E-state index contributed by atoms with van der Waals surface area (Å²) in [4.78, 5) is 0.0872. The largest absolute Gasteiger partial charge is 0.362 e. The second kappa shape index (κ2) is 9.42. The molecule has 0 aliphatic heterocycles. The van der Waals surface area contributed by atoms with Gasteiger partial charge in [-0.05, 0) is 36.8 Å². The molecule has 0 atom stereocenters. The van der Waals surface area contributed by atoms with E-state index in [1.54, 1.807) is 26.0 Å². The zero-order valence-electron chi connectivity index (χ0n) is 13.7. The van der Waals surface area contributed by atoms with Crippen molar-refractivity contribution < 1.29 is 8.42 Å². The molecule has 23 heavy (non-hydrogen) atoms. The Morgan fingerprint density at radius 1 is 1.26 bits per heavy atom. The highest BCUT2D eigenvalue weighted by molar-refractivity contribution is 7.89. The molecule has 0 heterocycles. The maximum absolute atomic E-state index is 12.6. The van der Waals surface area contributed by atoms with Crippen molar-refractivity contribution in [1.82, 2.24) is 9.62 Å². The highest BCUT2D eigenvalue weighted by Gasteiger charge is 2.24. The topological polar surface area (TPSA) is 61.4 Å². The van der Waals surface area contributed by atoms with Gasteiger partial charge in [0.25, 0.3) is 0 Å². The van der Waals surface area contributed by atoms with Crippen LogP contribution in [0.1, 0.15) is 33.6 Å². The highest BCUT2D eigenvalue weighted by atomic mass is 35.5. The summed E-state index contributed by atoms with van der Waals surface area (Å²) >= 11 is 11.3. The number of nitrogens with one attached hydrogen (secondary N) is 2. The molecule has 0 unspecified atom stereocenters. The maximum atomic E-state index is 12.6. The molecule has 8 heteroatoms. The third-order valence-electron chi connectivity index (χ3n) is 3.33. The molecule has 5 nitrogen and oxygen atoms in total. The molecule has 0 aromatic heterocycles. The molecule has 0 amide bonds. The van der Waals surface area contributed by atoms with Gasteiger partial charge in [0, 0.05) is 25.3 Å². The first-order valence-corrected chi connectivity index (χ1v) is 9.93. The fourth-order valence-electron chi connectivity index (χ4n) is 2.04. The minimum Gasteiger partial charge on any atom is -0.362 e. The van der Waals surface area contributed by atoms with Gasteiger partial charge in [-0.15, -0.1) is 0 Å².